The Morgan fingerprint density at radius 2 is 1.77 bits per heavy atom. The fraction of sp³-hybridized carbons (Fsp3) is 1.00. The quantitative estimate of drug-likeness (QED) is 0.640. The molecule has 0 saturated heterocycles. The molecule has 2 unspecified atom stereocenters. The molecule has 0 rings (SSSR count). The Hall–Kier alpha value is -0.120. The third-order valence-electron chi connectivity index (χ3n) is 2.10. The lowest BCUT2D eigenvalue weighted by Crippen LogP contribution is -2.37. The van der Waals surface area contributed by atoms with E-state index in [0.717, 1.165) is 6.42 Å². The summed E-state index contributed by atoms with van der Waals surface area (Å²) in [7, 11) is 1.63. The van der Waals surface area contributed by atoms with Crippen molar-refractivity contribution < 1.29 is 14.9 Å². The van der Waals surface area contributed by atoms with E-state index in [2.05, 4.69) is 0 Å². The lowest BCUT2D eigenvalue weighted by Gasteiger charge is -2.29. The molecule has 0 aliphatic rings. The van der Waals surface area contributed by atoms with Crippen LogP contribution in [-0.2, 0) is 4.74 Å². The third-order valence-corrected chi connectivity index (χ3v) is 2.10. The van der Waals surface area contributed by atoms with E-state index in [1.54, 1.807) is 7.11 Å². The van der Waals surface area contributed by atoms with Gasteiger partial charge in [0.25, 0.3) is 0 Å². The minimum absolute atomic E-state index is 0.257. The van der Waals surface area contributed by atoms with Gasteiger partial charge in [-0.05, 0) is 18.3 Å². The Kier molecular flexibility index (Phi) is 5.53. The molecule has 0 aromatic carbocycles. The van der Waals surface area contributed by atoms with Crippen LogP contribution in [0.5, 0.6) is 0 Å². The van der Waals surface area contributed by atoms with E-state index < -0.39 is 12.2 Å². The van der Waals surface area contributed by atoms with Crippen molar-refractivity contribution in [2.75, 3.05) is 13.7 Å². The van der Waals surface area contributed by atoms with Crippen LogP contribution >= 0.6 is 0 Å². The first-order valence-corrected chi connectivity index (χ1v) is 4.74. The summed E-state index contributed by atoms with van der Waals surface area (Å²) in [5, 5.41) is 19.2. The fourth-order valence-corrected chi connectivity index (χ4v) is 1.17. The summed E-state index contributed by atoms with van der Waals surface area (Å²) in [6.07, 6.45) is 0.0661. The highest BCUT2D eigenvalue weighted by molar-refractivity contribution is 4.79. The van der Waals surface area contributed by atoms with Crippen LogP contribution in [-0.4, -0.2) is 36.1 Å². The van der Waals surface area contributed by atoms with Crippen LogP contribution in [0.3, 0.4) is 0 Å². The molecule has 2 N–H and O–H groups in total. The Morgan fingerprint density at radius 3 is 2.15 bits per heavy atom. The van der Waals surface area contributed by atoms with Gasteiger partial charge in [-0.1, -0.05) is 20.8 Å². The lowest BCUT2D eigenvalue weighted by atomic mass is 9.84. The summed E-state index contributed by atoms with van der Waals surface area (Å²) >= 11 is 0. The Balaban J connectivity index is 3.76. The molecule has 0 amide bonds. The predicted octanol–water partition coefficient (Wildman–Crippen LogP) is 1.18. The lowest BCUT2D eigenvalue weighted by molar-refractivity contribution is -0.0497. The topological polar surface area (TPSA) is 49.7 Å². The van der Waals surface area contributed by atoms with Crippen LogP contribution in [0.25, 0.3) is 0 Å². The van der Waals surface area contributed by atoms with Crippen LogP contribution in [0.2, 0.25) is 0 Å². The maximum Gasteiger partial charge on any atom is 0.0847 e. The molecule has 0 heterocycles. The Bertz CT molecular complexity index is 129. The molecule has 13 heavy (non-hydrogen) atoms. The second-order valence-corrected chi connectivity index (χ2v) is 4.51. The molecule has 0 aromatic heterocycles. The van der Waals surface area contributed by atoms with Gasteiger partial charge < -0.3 is 14.9 Å². The number of hydrogen-bond donors (Lipinski definition) is 2. The molecule has 0 aliphatic heterocycles. The van der Waals surface area contributed by atoms with Gasteiger partial charge in [-0.3, -0.25) is 0 Å². The van der Waals surface area contributed by atoms with Gasteiger partial charge in [0.15, 0.2) is 0 Å². The molecule has 3 nitrogen and oxygen atoms in total. The van der Waals surface area contributed by atoms with Gasteiger partial charge in [0, 0.05) is 13.7 Å². The van der Waals surface area contributed by atoms with Crippen molar-refractivity contribution in [2.24, 2.45) is 5.41 Å². The van der Waals surface area contributed by atoms with Crippen molar-refractivity contribution in [1.82, 2.24) is 0 Å². The monoisotopic (exact) mass is 190 g/mol. The van der Waals surface area contributed by atoms with E-state index >= 15 is 0 Å². The largest absolute Gasteiger partial charge is 0.390 e. The minimum Gasteiger partial charge on any atom is -0.390 e. The van der Waals surface area contributed by atoms with E-state index in [4.69, 9.17) is 4.74 Å². The molecule has 3 heteroatoms. The molecule has 0 aliphatic carbocycles. The Labute approximate surface area is 80.7 Å². The van der Waals surface area contributed by atoms with Crippen LogP contribution in [0.15, 0.2) is 0 Å². The second kappa shape index (κ2) is 5.58. The van der Waals surface area contributed by atoms with Gasteiger partial charge in [-0.2, -0.15) is 0 Å². The fourth-order valence-electron chi connectivity index (χ4n) is 1.17. The molecule has 0 saturated carbocycles. The van der Waals surface area contributed by atoms with Crippen molar-refractivity contribution in [2.45, 2.75) is 45.8 Å². The van der Waals surface area contributed by atoms with Gasteiger partial charge in [0.1, 0.15) is 0 Å². The third kappa shape index (κ3) is 5.24. The molecule has 0 aromatic rings. The van der Waals surface area contributed by atoms with E-state index in [9.17, 15) is 10.2 Å². The van der Waals surface area contributed by atoms with Crippen LogP contribution in [0.1, 0.15) is 33.6 Å². The van der Waals surface area contributed by atoms with Crippen molar-refractivity contribution in [3.63, 3.8) is 0 Å². The summed E-state index contributed by atoms with van der Waals surface area (Å²) in [5.74, 6) is 0. The van der Waals surface area contributed by atoms with Crippen LogP contribution < -0.4 is 0 Å². The van der Waals surface area contributed by atoms with Crippen LogP contribution in [0, 0.1) is 5.41 Å². The van der Waals surface area contributed by atoms with E-state index in [1.165, 1.54) is 0 Å². The zero-order chi connectivity index (χ0) is 10.5. The van der Waals surface area contributed by atoms with Gasteiger partial charge in [-0.15, -0.1) is 0 Å². The van der Waals surface area contributed by atoms with Crippen molar-refractivity contribution >= 4 is 0 Å². The zero-order valence-corrected chi connectivity index (χ0v) is 9.08. The number of methoxy groups -OCH3 is 1. The highest BCUT2D eigenvalue weighted by atomic mass is 16.5. The van der Waals surface area contributed by atoms with Gasteiger partial charge in [0.2, 0.25) is 0 Å². The van der Waals surface area contributed by atoms with Crippen molar-refractivity contribution in [3.8, 4) is 0 Å². The van der Waals surface area contributed by atoms with E-state index in [0.29, 0.717) is 13.0 Å². The zero-order valence-electron chi connectivity index (χ0n) is 9.08. The molecular weight excluding hydrogens is 168 g/mol. The van der Waals surface area contributed by atoms with Crippen molar-refractivity contribution in [1.29, 1.82) is 0 Å². The summed E-state index contributed by atoms with van der Waals surface area (Å²) in [5.41, 5.74) is -0.257. The maximum absolute atomic E-state index is 9.66. The molecular formula is C10H22O3. The first-order valence-electron chi connectivity index (χ1n) is 4.74. The predicted molar refractivity (Wildman–Crippen MR) is 52.6 cm³/mol. The standard InChI is InChI=1S/C10H22O3/c1-10(2,3)9(12)8(11)6-5-7-13-4/h8-9,11-12H,5-7H2,1-4H3. The average Bonchev–Trinajstić information content (AvgIpc) is 2.01. The summed E-state index contributed by atoms with van der Waals surface area (Å²) < 4.78 is 4.86. The molecule has 0 fully saturated rings. The molecule has 2 atom stereocenters. The van der Waals surface area contributed by atoms with Gasteiger partial charge >= 0.3 is 0 Å². The highest BCUT2D eigenvalue weighted by Crippen LogP contribution is 2.23. The average molecular weight is 190 g/mol. The van der Waals surface area contributed by atoms with Gasteiger partial charge in [-0.25, -0.2) is 0 Å². The smallest absolute Gasteiger partial charge is 0.0847 e. The van der Waals surface area contributed by atoms with E-state index in [1.807, 2.05) is 20.8 Å². The first-order chi connectivity index (χ1) is 5.89. The van der Waals surface area contributed by atoms with E-state index in [-0.39, 0.29) is 5.41 Å². The SMILES string of the molecule is COCCCC(O)C(O)C(C)(C)C. The summed E-state index contributed by atoms with van der Waals surface area (Å²) in [6.45, 7) is 6.37. The van der Waals surface area contributed by atoms with Crippen molar-refractivity contribution in [3.05, 3.63) is 0 Å². The summed E-state index contributed by atoms with van der Waals surface area (Å²) in [6, 6.07) is 0. The van der Waals surface area contributed by atoms with Crippen LogP contribution in [0.4, 0.5) is 0 Å². The molecule has 0 radical (unpaired) electrons. The Morgan fingerprint density at radius 1 is 1.23 bits per heavy atom. The number of ether oxygens (including phenoxy) is 1. The first kappa shape index (κ1) is 12.9. The number of aliphatic hydroxyl groups excluding tert-OH is 2. The molecule has 0 spiro atoms. The minimum atomic E-state index is -0.663. The highest BCUT2D eigenvalue weighted by Gasteiger charge is 2.28. The summed E-state index contributed by atoms with van der Waals surface area (Å²) in [4.78, 5) is 0. The van der Waals surface area contributed by atoms with Gasteiger partial charge in [0.05, 0.1) is 12.2 Å². The number of aliphatic hydroxyl groups is 2. The normalized spacial score (nSPS) is 17.1. The number of hydrogen-bond acceptors (Lipinski definition) is 3. The molecule has 80 valence electrons. The maximum atomic E-state index is 9.66. The second-order valence-electron chi connectivity index (χ2n) is 4.51. The molecule has 0 bridgehead atoms. The number of rotatable bonds is 5.